The van der Waals surface area contributed by atoms with Crippen molar-refractivity contribution in [3.05, 3.63) is 58.9 Å². The van der Waals surface area contributed by atoms with E-state index in [9.17, 15) is 14.3 Å². The number of hydrogen-bond acceptors (Lipinski definition) is 2. The van der Waals surface area contributed by atoms with Crippen LogP contribution >= 0.6 is 11.6 Å². The van der Waals surface area contributed by atoms with Gasteiger partial charge in [0.05, 0.1) is 6.42 Å². The molecule has 0 aliphatic heterocycles. The molecule has 0 unspecified atom stereocenters. The molecule has 3 nitrogen and oxygen atoms in total. The third-order valence-electron chi connectivity index (χ3n) is 2.49. The van der Waals surface area contributed by atoms with Crippen molar-refractivity contribution in [3.63, 3.8) is 0 Å². The molecule has 5 heteroatoms. The van der Waals surface area contributed by atoms with Crippen LogP contribution in [0.5, 0.6) is 5.75 Å². The van der Waals surface area contributed by atoms with Gasteiger partial charge in [-0.25, -0.2) is 4.39 Å². The largest absolute Gasteiger partial charge is 0.508 e. The number of rotatable bonds is 3. The smallest absolute Gasteiger partial charge is 0.228 e. The predicted molar refractivity (Wildman–Crippen MR) is 71.9 cm³/mol. The van der Waals surface area contributed by atoms with Crippen molar-refractivity contribution in [3.8, 4) is 5.75 Å². The van der Waals surface area contributed by atoms with Crippen molar-refractivity contribution in [2.75, 3.05) is 5.32 Å². The lowest BCUT2D eigenvalue weighted by Gasteiger charge is -2.07. The summed E-state index contributed by atoms with van der Waals surface area (Å²) in [5, 5.41) is 12.3. The maximum Gasteiger partial charge on any atom is 0.228 e. The molecule has 0 atom stereocenters. The second kappa shape index (κ2) is 5.71. The molecule has 0 aliphatic rings. The van der Waals surface area contributed by atoms with Gasteiger partial charge in [-0.05, 0) is 24.3 Å². The molecule has 0 saturated carbocycles. The quantitative estimate of drug-likeness (QED) is 0.905. The molecule has 0 aliphatic carbocycles. The van der Waals surface area contributed by atoms with Crippen LogP contribution in [-0.2, 0) is 11.2 Å². The van der Waals surface area contributed by atoms with Crippen molar-refractivity contribution < 1.29 is 14.3 Å². The van der Waals surface area contributed by atoms with E-state index in [1.165, 1.54) is 18.2 Å². The first-order chi connectivity index (χ1) is 9.04. The van der Waals surface area contributed by atoms with Gasteiger partial charge in [-0.1, -0.05) is 29.8 Å². The van der Waals surface area contributed by atoms with Crippen LogP contribution < -0.4 is 5.32 Å². The van der Waals surface area contributed by atoms with Gasteiger partial charge in [0, 0.05) is 16.3 Å². The third-order valence-corrected chi connectivity index (χ3v) is 2.71. The summed E-state index contributed by atoms with van der Waals surface area (Å²) in [7, 11) is 0. The monoisotopic (exact) mass is 279 g/mol. The number of amides is 1. The van der Waals surface area contributed by atoms with Crippen molar-refractivity contribution in [2.45, 2.75) is 6.42 Å². The summed E-state index contributed by atoms with van der Waals surface area (Å²) in [6, 6.07) is 10.3. The number of anilines is 1. The fourth-order valence-corrected chi connectivity index (χ4v) is 1.89. The Morgan fingerprint density at radius 3 is 2.68 bits per heavy atom. The van der Waals surface area contributed by atoms with Crippen molar-refractivity contribution in [2.24, 2.45) is 0 Å². The molecule has 19 heavy (non-hydrogen) atoms. The van der Waals surface area contributed by atoms with E-state index in [1.807, 2.05) is 0 Å². The Kier molecular flexibility index (Phi) is 4.02. The van der Waals surface area contributed by atoms with Gasteiger partial charge in [-0.15, -0.1) is 0 Å². The highest BCUT2D eigenvalue weighted by molar-refractivity contribution is 6.30. The number of benzene rings is 2. The molecule has 0 fully saturated rings. The highest BCUT2D eigenvalue weighted by Gasteiger charge is 2.08. The maximum absolute atomic E-state index is 13.1. The van der Waals surface area contributed by atoms with E-state index < -0.39 is 5.82 Å². The molecule has 0 radical (unpaired) electrons. The van der Waals surface area contributed by atoms with Crippen LogP contribution in [0.1, 0.15) is 5.56 Å². The number of aromatic hydroxyl groups is 1. The Labute approximate surface area is 114 Å². The number of para-hydroxylation sites is 1. The van der Waals surface area contributed by atoms with E-state index in [0.29, 0.717) is 5.56 Å². The first-order valence-corrected chi connectivity index (χ1v) is 5.95. The fourth-order valence-electron chi connectivity index (χ4n) is 1.66. The van der Waals surface area contributed by atoms with Crippen LogP contribution in [0.3, 0.4) is 0 Å². The van der Waals surface area contributed by atoms with Gasteiger partial charge < -0.3 is 10.4 Å². The summed E-state index contributed by atoms with van der Waals surface area (Å²) in [4.78, 5) is 11.8. The fraction of sp³-hybridized carbons (Fsp3) is 0.0714. The highest BCUT2D eigenvalue weighted by Crippen LogP contribution is 2.20. The average Bonchev–Trinajstić information content (AvgIpc) is 2.30. The molecule has 0 aromatic heterocycles. The lowest BCUT2D eigenvalue weighted by molar-refractivity contribution is -0.115. The minimum absolute atomic E-state index is 0.000799. The Bertz CT molecular complexity index is 596. The number of carbonyl (C=O) groups excluding carboxylic acids is 1. The Hall–Kier alpha value is -2.07. The van der Waals surface area contributed by atoms with Crippen LogP contribution in [0.2, 0.25) is 5.02 Å². The summed E-state index contributed by atoms with van der Waals surface area (Å²) < 4.78 is 13.1. The van der Waals surface area contributed by atoms with Gasteiger partial charge in [-0.3, -0.25) is 4.79 Å². The lowest BCUT2D eigenvalue weighted by Crippen LogP contribution is -2.14. The second-order valence-electron chi connectivity index (χ2n) is 4.01. The summed E-state index contributed by atoms with van der Waals surface area (Å²) in [5.74, 6) is -0.830. The van der Waals surface area contributed by atoms with Gasteiger partial charge in [-0.2, -0.15) is 0 Å². The summed E-state index contributed by atoms with van der Waals surface area (Å²) in [6.07, 6.45) is 0.000799. The summed E-state index contributed by atoms with van der Waals surface area (Å²) >= 11 is 5.69. The zero-order valence-electron chi connectivity index (χ0n) is 9.86. The Morgan fingerprint density at radius 2 is 2.00 bits per heavy atom. The minimum Gasteiger partial charge on any atom is -0.508 e. The number of nitrogens with one attached hydrogen (secondary N) is 1. The standard InChI is InChI=1S/C14H11ClFNO2/c15-10-6-11(16)8-12(7-10)17-14(19)5-9-3-1-2-4-13(9)18/h1-4,6-8,18H,5H2,(H,17,19). The number of phenols is 1. The normalized spacial score (nSPS) is 10.2. The molecule has 2 aromatic carbocycles. The molecule has 1 amide bonds. The number of hydrogen-bond donors (Lipinski definition) is 2. The maximum atomic E-state index is 13.1. The van der Waals surface area contributed by atoms with E-state index in [4.69, 9.17) is 11.6 Å². The zero-order valence-corrected chi connectivity index (χ0v) is 10.6. The molecule has 0 saturated heterocycles. The molecular weight excluding hydrogens is 269 g/mol. The van der Waals surface area contributed by atoms with E-state index in [1.54, 1.807) is 18.2 Å². The Balaban J connectivity index is 2.07. The van der Waals surface area contributed by atoms with Crippen LogP contribution in [0.4, 0.5) is 10.1 Å². The molecule has 2 rings (SSSR count). The van der Waals surface area contributed by atoms with Crippen molar-refractivity contribution in [1.29, 1.82) is 0 Å². The lowest BCUT2D eigenvalue weighted by atomic mass is 10.1. The van der Waals surface area contributed by atoms with Gasteiger partial charge in [0.1, 0.15) is 11.6 Å². The van der Waals surface area contributed by atoms with Crippen LogP contribution in [0.25, 0.3) is 0 Å². The summed E-state index contributed by atoms with van der Waals surface area (Å²) in [5.41, 5.74) is 0.785. The minimum atomic E-state index is -0.523. The highest BCUT2D eigenvalue weighted by atomic mass is 35.5. The second-order valence-corrected chi connectivity index (χ2v) is 4.45. The SMILES string of the molecule is O=C(Cc1ccccc1O)Nc1cc(F)cc(Cl)c1. The van der Waals surface area contributed by atoms with E-state index in [2.05, 4.69) is 5.32 Å². The van der Waals surface area contributed by atoms with Crippen LogP contribution in [-0.4, -0.2) is 11.0 Å². The molecular formula is C14H11ClFNO2. The Morgan fingerprint density at radius 1 is 1.26 bits per heavy atom. The van der Waals surface area contributed by atoms with E-state index in [-0.39, 0.29) is 28.8 Å². The first kappa shape index (κ1) is 13.4. The van der Waals surface area contributed by atoms with Crippen LogP contribution in [0, 0.1) is 5.82 Å². The molecule has 2 aromatic rings. The molecule has 98 valence electrons. The van der Waals surface area contributed by atoms with Crippen molar-refractivity contribution >= 4 is 23.2 Å². The third kappa shape index (κ3) is 3.69. The number of phenolic OH excluding ortho intramolecular Hbond substituents is 1. The first-order valence-electron chi connectivity index (χ1n) is 5.57. The van der Waals surface area contributed by atoms with Gasteiger partial charge in [0.25, 0.3) is 0 Å². The van der Waals surface area contributed by atoms with E-state index >= 15 is 0 Å². The average molecular weight is 280 g/mol. The molecule has 0 bridgehead atoms. The van der Waals surface area contributed by atoms with Gasteiger partial charge >= 0.3 is 0 Å². The molecule has 2 N–H and O–H groups in total. The zero-order chi connectivity index (χ0) is 13.8. The molecule has 0 heterocycles. The van der Waals surface area contributed by atoms with Gasteiger partial charge in [0.2, 0.25) is 5.91 Å². The number of halogens is 2. The van der Waals surface area contributed by atoms with Crippen LogP contribution in [0.15, 0.2) is 42.5 Å². The topological polar surface area (TPSA) is 49.3 Å². The van der Waals surface area contributed by atoms with Crippen molar-refractivity contribution in [1.82, 2.24) is 0 Å². The van der Waals surface area contributed by atoms with Gasteiger partial charge in [0.15, 0.2) is 0 Å². The predicted octanol–water partition coefficient (Wildman–Crippen LogP) is 3.37. The van der Waals surface area contributed by atoms with E-state index in [0.717, 1.165) is 6.07 Å². The number of carbonyl (C=O) groups is 1. The summed E-state index contributed by atoms with van der Waals surface area (Å²) in [6.45, 7) is 0. The molecule has 0 spiro atoms.